The van der Waals surface area contributed by atoms with Gasteiger partial charge in [-0.1, -0.05) is 0 Å². The zero-order valence-corrected chi connectivity index (χ0v) is 12.2. The van der Waals surface area contributed by atoms with Gasteiger partial charge in [0.1, 0.15) is 6.04 Å². The van der Waals surface area contributed by atoms with Crippen molar-refractivity contribution in [1.82, 2.24) is 15.1 Å². The van der Waals surface area contributed by atoms with Crippen LogP contribution in [0.25, 0.3) is 0 Å². The monoisotopic (exact) mass is 269 g/mol. The molecule has 0 aromatic carbocycles. The Morgan fingerprint density at radius 2 is 2.16 bits per heavy atom. The molecule has 2 aliphatic heterocycles. The molecule has 1 unspecified atom stereocenters. The van der Waals surface area contributed by atoms with Crippen molar-refractivity contribution in [2.45, 2.75) is 25.3 Å². The van der Waals surface area contributed by atoms with Crippen LogP contribution in [0.15, 0.2) is 0 Å². The van der Waals surface area contributed by atoms with E-state index in [-0.39, 0.29) is 11.9 Å². The lowest BCUT2D eigenvalue weighted by molar-refractivity contribution is -0.135. The van der Waals surface area contributed by atoms with Crippen LogP contribution < -0.4 is 5.32 Å². The van der Waals surface area contributed by atoms with E-state index in [1.165, 1.54) is 25.9 Å². The van der Waals surface area contributed by atoms with E-state index in [0.717, 1.165) is 25.4 Å². The summed E-state index contributed by atoms with van der Waals surface area (Å²) in [5, 5.41) is 3.22. The molecule has 0 aromatic heterocycles. The van der Waals surface area contributed by atoms with Crippen LogP contribution >= 0.6 is 0 Å². The number of nitrogens with zero attached hydrogens (tertiary/aromatic N) is 2. The van der Waals surface area contributed by atoms with Gasteiger partial charge >= 0.3 is 0 Å². The Morgan fingerprint density at radius 1 is 1.42 bits per heavy atom. The quantitative estimate of drug-likeness (QED) is 0.790. The maximum Gasteiger partial charge on any atom is 0.241 e. The molecule has 1 amide bonds. The second-order valence-corrected chi connectivity index (χ2v) is 5.88. The van der Waals surface area contributed by atoms with Crippen molar-refractivity contribution in [1.29, 1.82) is 0 Å². The highest BCUT2D eigenvalue weighted by molar-refractivity contribution is 5.81. The first-order valence-corrected chi connectivity index (χ1v) is 7.41. The van der Waals surface area contributed by atoms with Crippen LogP contribution in [0.3, 0.4) is 0 Å². The third kappa shape index (κ3) is 4.44. The molecule has 0 radical (unpaired) electrons. The topological polar surface area (TPSA) is 44.8 Å². The van der Waals surface area contributed by atoms with Crippen molar-refractivity contribution in [2.24, 2.45) is 5.92 Å². The number of hydrogen-bond donors (Lipinski definition) is 1. The molecule has 19 heavy (non-hydrogen) atoms. The Morgan fingerprint density at radius 3 is 2.79 bits per heavy atom. The number of piperidine rings is 1. The highest BCUT2D eigenvalue weighted by Gasteiger charge is 2.25. The van der Waals surface area contributed by atoms with E-state index in [1.54, 1.807) is 0 Å². The summed E-state index contributed by atoms with van der Waals surface area (Å²) < 4.78 is 5.34. The summed E-state index contributed by atoms with van der Waals surface area (Å²) in [5.74, 6) is 0.953. The van der Waals surface area contributed by atoms with Gasteiger partial charge in [0.15, 0.2) is 0 Å². The average molecular weight is 269 g/mol. The zero-order chi connectivity index (χ0) is 13.7. The van der Waals surface area contributed by atoms with Crippen LogP contribution in [0.5, 0.6) is 0 Å². The van der Waals surface area contributed by atoms with E-state index >= 15 is 0 Å². The highest BCUT2D eigenvalue weighted by Crippen LogP contribution is 2.19. The van der Waals surface area contributed by atoms with Crippen molar-refractivity contribution >= 4 is 5.91 Å². The number of carbonyl (C=O) groups is 1. The Labute approximate surface area is 116 Å². The maximum absolute atomic E-state index is 12.2. The Balaban J connectivity index is 1.68. The number of likely N-dealkylation sites (tertiary alicyclic amines) is 1. The summed E-state index contributed by atoms with van der Waals surface area (Å²) in [4.78, 5) is 16.4. The maximum atomic E-state index is 12.2. The first-order chi connectivity index (χ1) is 9.16. The molecule has 2 heterocycles. The lowest BCUT2D eigenvalue weighted by Crippen LogP contribution is -2.51. The van der Waals surface area contributed by atoms with Gasteiger partial charge in [-0.25, -0.2) is 0 Å². The average Bonchev–Trinajstić information content (AvgIpc) is 2.46. The lowest BCUT2D eigenvalue weighted by Gasteiger charge is -2.31. The standard InChI is InChI=1S/C14H27N3O2/c1-16-7-3-12(4-8-16)5-9-17(2)14(18)13-11-19-10-6-15-13/h12-13,15H,3-11H2,1-2H3. The molecule has 0 saturated carbocycles. The molecule has 2 rings (SSSR count). The molecule has 0 aliphatic carbocycles. The van der Waals surface area contributed by atoms with E-state index in [1.807, 2.05) is 11.9 Å². The van der Waals surface area contributed by atoms with Crippen LogP contribution in [0, 0.1) is 5.92 Å². The Kier molecular flexibility index (Phi) is 5.60. The van der Waals surface area contributed by atoms with Crippen LogP contribution in [0.2, 0.25) is 0 Å². The summed E-state index contributed by atoms with van der Waals surface area (Å²) in [5.41, 5.74) is 0. The minimum Gasteiger partial charge on any atom is -0.378 e. The number of nitrogens with one attached hydrogen (secondary N) is 1. The number of ether oxygens (including phenoxy) is 1. The van der Waals surface area contributed by atoms with E-state index in [4.69, 9.17) is 4.74 Å². The summed E-state index contributed by atoms with van der Waals surface area (Å²) in [6.45, 7) is 5.26. The highest BCUT2D eigenvalue weighted by atomic mass is 16.5. The zero-order valence-electron chi connectivity index (χ0n) is 12.2. The fraction of sp³-hybridized carbons (Fsp3) is 0.929. The predicted octanol–water partition coefficient (Wildman–Crippen LogP) is 0.165. The van der Waals surface area contributed by atoms with Crippen LogP contribution in [0.4, 0.5) is 0 Å². The molecule has 1 N–H and O–H groups in total. The Bertz CT molecular complexity index is 284. The second kappa shape index (κ2) is 7.22. The second-order valence-electron chi connectivity index (χ2n) is 5.88. The van der Waals surface area contributed by atoms with Crippen molar-refractivity contribution in [3.05, 3.63) is 0 Å². The number of hydrogen-bond acceptors (Lipinski definition) is 4. The molecule has 2 fully saturated rings. The van der Waals surface area contributed by atoms with Gasteiger partial charge in [-0.05, 0) is 45.3 Å². The summed E-state index contributed by atoms with van der Waals surface area (Å²) in [7, 11) is 4.09. The van der Waals surface area contributed by atoms with Gasteiger partial charge in [-0.2, -0.15) is 0 Å². The van der Waals surface area contributed by atoms with E-state index in [9.17, 15) is 4.79 Å². The Hall–Kier alpha value is -0.650. The van der Waals surface area contributed by atoms with Gasteiger partial charge < -0.3 is 19.9 Å². The fourth-order valence-electron chi connectivity index (χ4n) is 2.83. The molecule has 1 atom stereocenters. The van der Waals surface area contributed by atoms with E-state index in [0.29, 0.717) is 13.2 Å². The van der Waals surface area contributed by atoms with Gasteiger partial charge in [0.25, 0.3) is 0 Å². The molecule has 2 saturated heterocycles. The molecule has 5 heteroatoms. The smallest absolute Gasteiger partial charge is 0.241 e. The van der Waals surface area contributed by atoms with Crippen LogP contribution in [0.1, 0.15) is 19.3 Å². The molecule has 110 valence electrons. The minimum absolute atomic E-state index is 0.142. The minimum atomic E-state index is -0.142. The van der Waals surface area contributed by atoms with E-state index < -0.39 is 0 Å². The SMILES string of the molecule is CN1CCC(CCN(C)C(=O)C2COCCN2)CC1. The van der Waals surface area contributed by atoms with Crippen molar-refractivity contribution in [3.63, 3.8) is 0 Å². The number of amides is 1. The van der Waals surface area contributed by atoms with Crippen LogP contribution in [-0.2, 0) is 9.53 Å². The van der Waals surface area contributed by atoms with E-state index in [2.05, 4.69) is 17.3 Å². The van der Waals surface area contributed by atoms with Crippen LogP contribution in [-0.4, -0.2) is 75.2 Å². The third-order valence-electron chi connectivity index (χ3n) is 4.31. The number of morpholine rings is 1. The first-order valence-electron chi connectivity index (χ1n) is 7.41. The molecule has 0 bridgehead atoms. The summed E-state index contributed by atoms with van der Waals surface area (Å²) >= 11 is 0. The third-order valence-corrected chi connectivity index (χ3v) is 4.31. The lowest BCUT2D eigenvalue weighted by atomic mass is 9.93. The largest absolute Gasteiger partial charge is 0.378 e. The molecule has 5 nitrogen and oxygen atoms in total. The molecular weight excluding hydrogens is 242 g/mol. The molecule has 0 spiro atoms. The first kappa shape index (κ1) is 14.8. The van der Waals surface area contributed by atoms with Gasteiger partial charge in [0, 0.05) is 20.1 Å². The molecule has 2 aliphatic rings. The summed E-state index contributed by atoms with van der Waals surface area (Å²) in [6, 6.07) is -0.142. The van der Waals surface area contributed by atoms with Gasteiger partial charge in [-0.3, -0.25) is 4.79 Å². The predicted molar refractivity (Wildman–Crippen MR) is 75.1 cm³/mol. The number of carbonyl (C=O) groups excluding carboxylic acids is 1. The summed E-state index contributed by atoms with van der Waals surface area (Å²) in [6.07, 6.45) is 3.66. The van der Waals surface area contributed by atoms with Gasteiger partial charge in [0.2, 0.25) is 5.91 Å². The molecule has 0 aromatic rings. The molecular formula is C14H27N3O2. The van der Waals surface area contributed by atoms with Gasteiger partial charge in [-0.15, -0.1) is 0 Å². The number of rotatable bonds is 4. The number of likely N-dealkylation sites (N-methyl/N-ethyl adjacent to an activating group) is 1. The normalized spacial score (nSPS) is 26.3. The van der Waals surface area contributed by atoms with Crippen molar-refractivity contribution in [3.8, 4) is 0 Å². The van der Waals surface area contributed by atoms with Crippen molar-refractivity contribution < 1.29 is 9.53 Å². The van der Waals surface area contributed by atoms with Crippen molar-refractivity contribution in [2.75, 3.05) is 53.5 Å². The van der Waals surface area contributed by atoms with Gasteiger partial charge in [0.05, 0.1) is 13.2 Å². The fourth-order valence-corrected chi connectivity index (χ4v) is 2.83.